The summed E-state index contributed by atoms with van der Waals surface area (Å²) in [6.45, 7) is 5.67. The van der Waals surface area contributed by atoms with Crippen molar-refractivity contribution < 1.29 is 14.3 Å². The molecule has 1 saturated heterocycles. The number of methoxy groups -OCH3 is 1. The number of benzene rings is 1. The summed E-state index contributed by atoms with van der Waals surface area (Å²) in [7, 11) is 1.36. The van der Waals surface area contributed by atoms with E-state index in [4.69, 9.17) is 32.7 Å². The summed E-state index contributed by atoms with van der Waals surface area (Å²) < 4.78 is 10.7. The van der Waals surface area contributed by atoms with Crippen molar-refractivity contribution in [1.29, 1.82) is 0 Å². The number of hydrogen-bond donors (Lipinski definition) is 0. The van der Waals surface area contributed by atoms with Crippen molar-refractivity contribution in [1.82, 2.24) is 0 Å². The van der Waals surface area contributed by atoms with Gasteiger partial charge in [0, 0.05) is 15.6 Å². The standard InChI is InChI=1S/C14H16Cl2O3/c1-8(2)14(12(17)18-4)13(3,19-14)10-7-9(15)5-6-11(10)16/h5-8H,1-4H3. The second-order valence-corrected chi connectivity index (χ2v) is 5.99. The highest BCUT2D eigenvalue weighted by Gasteiger charge is 2.75. The number of halogens is 2. The predicted molar refractivity (Wildman–Crippen MR) is 74.5 cm³/mol. The maximum absolute atomic E-state index is 12.1. The molecule has 5 heteroatoms. The van der Waals surface area contributed by atoms with E-state index in [1.165, 1.54) is 7.11 Å². The van der Waals surface area contributed by atoms with E-state index >= 15 is 0 Å². The van der Waals surface area contributed by atoms with E-state index in [1.807, 2.05) is 20.8 Å². The van der Waals surface area contributed by atoms with Gasteiger partial charge in [0.05, 0.1) is 7.11 Å². The first-order chi connectivity index (χ1) is 8.79. The van der Waals surface area contributed by atoms with Crippen LogP contribution in [0.2, 0.25) is 10.0 Å². The van der Waals surface area contributed by atoms with Crippen LogP contribution in [0, 0.1) is 5.92 Å². The molecule has 1 aromatic rings. The second kappa shape index (κ2) is 4.65. The Morgan fingerprint density at radius 2 is 2.00 bits per heavy atom. The largest absolute Gasteiger partial charge is 0.467 e. The van der Waals surface area contributed by atoms with Gasteiger partial charge in [-0.3, -0.25) is 0 Å². The summed E-state index contributed by atoms with van der Waals surface area (Å²) in [4.78, 5) is 12.1. The predicted octanol–water partition coefficient (Wildman–Crippen LogP) is 3.81. The highest BCUT2D eigenvalue weighted by Crippen LogP contribution is 2.61. The topological polar surface area (TPSA) is 38.8 Å². The van der Waals surface area contributed by atoms with E-state index in [2.05, 4.69) is 0 Å². The SMILES string of the molecule is COC(=O)C1(C(C)C)OC1(C)c1cc(Cl)ccc1Cl. The van der Waals surface area contributed by atoms with Gasteiger partial charge in [-0.2, -0.15) is 0 Å². The summed E-state index contributed by atoms with van der Waals surface area (Å²) in [5.41, 5.74) is -1.10. The number of ether oxygens (including phenoxy) is 2. The summed E-state index contributed by atoms with van der Waals surface area (Å²) in [5.74, 6) is -0.430. The molecule has 1 fully saturated rings. The van der Waals surface area contributed by atoms with Gasteiger partial charge in [-0.15, -0.1) is 0 Å². The first kappa shape index (κ1) is 14.6. The van der Waals surface area contributed by atoms with Crippen LogP contribution in [-0.2, 0) is 19.9 Å². The fourth-order valence-corrected chi connectivity index (χ4v) is 3.18. The normalized spacial score (nSPS) is 29.4. The van der Waals surface area contributed by atoms with Gasteiger partial charge in [0.1, 0.15) is 5.60 Å². The molecule has 2 rings (SSSR count). The van der Waals surface area contributed by atoms with Gasteiger partial charge in [-0.05, 0) is 31.0 Å². The minimum atomic E-state index is -1.00. The van der Waals surface area contributed by atoms with Gasteiger partial charge in [0.25, 0.3) is 0 Å². The van der Waals surface area contributed by atoms with Gasteiger partial charge in [0.15, 0.2) is 0 Å². The Kier molecular flexibility index (Phi) is 3.58. The van der Waals surface area contributed by atoms with Gasteiger partial charge < -0.3 is 9.47 Å². The van der Waals surface area contributed by atoms with E-state index in [-0.39, 0.29) is 11.9 Å². The van der Waals surface area contributed by atoms with Crippen LogP contribution in [0.3, 0.4) is 0 Å². The molecule has 0 aliphatic carbocycles. The fraction of sp³-hybridized carbons (Fsp3) is 0.500. The summed E-state index contributed by atoms with van der Waals surface area (Å²) in [6, 6.07) is 5.14. The molecular formula is C14H16Cl2O3. The van der Waals surface area contributed by atoms with Crippen molar-refractivity contribution >= 4 is 29.2 Å². The Balaban J connectivity index is 2.51. The Morgan fingerprint density at radius 1 is 1.37 bits per heavy atom. The summed E-state index contributed by atoms with van der Waals surface area (Å²) in [6.07, 6.45) is 0. The fourth-order valence-electron chi connectivity index (χ4n) is 2.71. The molecule has 0 spiro atoms. The molecular weight excluding hydrogens is 287 g/mol. The molecule has 0 aromatic heterocycles. The number of esters is 1. The molecule has 0 bridgehead atoms. The van der Waals surface area contributed by atoms with Crippen molar-refractivity contribution in [3.63, 3.8) is 0 Å². The van der Waals surface area contributed by atoms with Gasteiger partial charge in [0.2, 0.25) is 5.60 Å². The molecule has 1 aromatic carbocycles. The average Bonchev–Trinajstić information content (AvgIpc) is 3.00. The quantitative estimate of drug-likeness (QED) is 0.629. The molecule has 2 atom stereocenters. The molecule has 1 heterocycles. The molecule has 0 saturated carbocycles. The van der Waals surface area contributed by atoms with Crippen molar-refractivity contribution in [3.05, 3.63) is 33.8 Å². The zero-order valence-corrected chi connectivity index (χ0v) is 12.8. The number of epoxide rings is 1. The van der Waals surface area contributed by atoms with Gasteiger partial charge in [-0.1, -0.05) is 37.0 Å². The van der Waals surface area contributed by atoms with Crippen LogP contribution in [0.25, 0.3) is 0 Å². The minimum Gasteiger partial charge on any atom is -0.467 e. The van der Waals surface area contributed by atoms with Crippen LogP contribution in [0.15, 0.2) is 18.2 Å². The lowest BCUT2D eigenvalue weighted by Crippen LogP contribution is -2.37. The zero-order chi connectivity index (χ0) is 14.4. The maximum Gasteiger partial charge on any atom is 0.341 e. The van der Waals surface area contributed by atoms with E-state index in [0.717, 1.165) is 0 Å². The molecule has 1 aliphatic heterocycles. The molecule has 0 N–H and O–H groups in total. The van der Waals surface area contributed by atoms with Gasteiger partial charge >= 0.3 is 5.97 Å². The van der Waals surface area contributed by atoms with Crippen LogP contribution in [-0.4, -0.2) is 18.7 Å². The number of carbonyl (C=O) groups excluding carboxylic acids is 1. The van der Waals surface area contributed by atoms with Crippen molar-refractivity contribution in [3.8, 4) is 0 Å². The Labute approximate surface area is 122 Å². The van der Waals surface area contributed by atoms with Crippen LogP contribution in [0.5, 0.6) is 0 Å². The van der Waals surface area contributed by atoms with E-state index < -0.39 is 11.2 Å². The first-order valence-electron chi connectivity index (χ1n) is 6.03. The molecule has 3 nitrogen and oxygen atoms in total. The Morgan fingerprint density at radius 3 is 2.53 bits per heavy atom. The number of rotatable bonds is 3. The highest BCUT2D eigenvalue weighted by atomic mass is 35.5. The van der Waals surface area contributed by atoms with Crippen LogP contribution in [0.4, 0.5) is 0 Å². The van der Waals surface area contributed by atoms with Gasteiger partial charge in [-0.25, -0.2) is 4.79 Å². The number of carbonyl (C=O) groups is 1. The lowest BCUT2D eigenvalue weighted by atomic mass is 9.80. The lowest BCUT2D eigenvalue weighted by molar-refractivity contribution is -0.148. The summed E-state index contributed by atoms with van der Waals surface area (Å²) in [5, 5.41) is 1.08. The lowest BCUT2D eigenvalue weighted by Gasteiger charge is -2.19. The third-order valence-electron chi connectivity index (χ3n) is 3.78. The second-order valence-electron chi connectivity index (χ2n) is 5.14. The average molecular weight is 303 g/mol. The molecule has 19 heavy (non-hydrogen) atoms. The molecule has 1 aliphatic rings. The maximum atomic E-state index is 12.1. The van der Waals surface area contributed by atoms with E-state index in [9.17, 15) is 4.79 Å². The van der Waals surface area contributed by atoms with E-state index in [0.29, 0.717) is 15.6 Å². The molecule has 2 unspecified atom stereocenters. The molecule has 104 valence electrons. The Bertz CT molecular complexity index is 529. The van der Waals surface area contributed by atoms with Crippen LogP contribution >= 0.6 is 23.2 Å². The first-order valence-corrected chi connectivity index (χ1v) is 6.79. The van der Waals surface area contributed by atoms with Crippen molar-refractivity contribution in [2.24, 2.45) is 5.92 Å². The molecule has 0 radical (unpaired) electrons. The van der Waals surface area contributed by atoms with Crippen molar-refractivity contribution in [2.45, 2.75) is 32.0 Å². The summed E-state index contributed by atoms with van der Waals surface area (Å²) >= 11 is 12.2. The number of hydrogen-bond acceptors (Lipinski definition) is 3. The molecule has 0 amide bonds. The third-order valence-corrected chi connectivity index (χ3v) is 4.34. The monoisotopic (exact) mass is 302 g/mol. The highest BCUT2D eigenvalue weighted by molar-refractivity contribution is 6.33. The third kappa shape index (κ3) is 1.95. The van der Waals surface area contributed by atoms with Crippen LogP contribution < -0.4 is 0 Å². The smallest absolute Gasteiger partial charge is 0.341 e. The Hall–Kier alpha value is -0.770. The van der Waals surface area contributed by atoms with E-state index in [1.54, 1.807) is 18.2 Å². The van der Waals surface area contributed by atoms with Crippen molar-refractivity contribution in [2.75, 3.05) is 7.11 Å². The zero-order valence-electron chi connectivity index (χ0n) is 11.3. The minimum absolute atomic E-state index is 0.0417. The van der Waals surface area contributed by atoms with Crippen LogP contribution in [0.1, 0.15) is 26.3 Å².